The number of rotatable bonds is 7. The summed E-state index contributed by atoms with van der Waals surface area (Å²) < 4.78 is 30.4. The number of nitrogens with one attached hydrogen (secondary N) is 1. The van der Waals surface area contributed by atoms with E-state index in [2.05, 4.69) is 40.5 Å². The maximum absolute atomic E-state index is 12.8. The molecule has 1 aliphatic rings. The predicted molar refractivity (Wildman–Crippen MR) is 121 cm³/mol. The first-order valence-corrected chi connectivity index (χ1v) is 12.3. The summed E-state index contributed by atoms with van der Waals surface area (Å²) in [5, 5.41) is 0. The van der Waals surface area contributed by atoms with Crippen molar-refractivity contribution in [2.24, 2.45) is 0 Å². The summed E-state index contributed by atoms with van der Waals surface area (Å²) in [5.41, 5.74) is 4.63. The molecule has 0 atom stereocenters. The normalized spacial score (nSPS) is 15.4. The molecule has 1 saturated carbocycles. The molecule has 0 spiro atoms. The Kier molecular flexibility index (Phi) is 6.40. The van der Waals surface area contributed by atoms with Crippen molar-refractivity contribution in [1.82, 2.24) is 9.29 Å². The fourth-order valence-corrected chi connectivity index (χ4v) is 5.26. The van der Waals surface area contributed by atoms with E-state index in [4.69, 9.17) is 0 Å². The highest BCUT2D eigenvalue weighted by molar-refractivity contribution is 7.89. The van der Waals surface area contributed by atoms with Crippen molar-refractivity contribution in [1.29, 1.82) is 0 Å². The Morgan fingerprint density at radius 1 is 0.933 bits per heavy atom. The Morgan fingerprint density at radius 3 is 2.33 bits per heavy atom. The van der Waals surface area contributed by atoms with Gasteiger partial charge in [-0.15, -0.1) is 0 Å². The summed E-state index contributed by atoms with van der Waals surface area (Å²) in [4.78, 5) is 0.332. The predicted octanol–water partition coefficient (Wildman–Crippen LogP) is 5.37. The maximum Gasteiger partial charge on any atom is 0.240 e. The number of aryl methyl sites for hydroxylation is 1. The minimum absolute atomic E-state index is 0.269. The van der Waals surface area contributed by atoms with Gasteiger partial charge in [0.15, 0.2) is 0 Å². The number of hydrogen-bond donors (Lipinski definition) is 1. The number of hydrogen-bond acceptors (Lipinski definition) is 2. The minimum Gasteiger partial charge on any atom is -0.346 e. The molecule has 0 amide bonds. The summed E-state index contributed by atoms with van der Waals surface area (Å²) in [6.45, 7) is 3.06. The summed E-state index contributed by atoms with van der Waals surface area (Å²) >= 11 is 0. The average molecular weight is 423 g/mol. The lowest BCUT2D eigenvalue weighted by Gasteiger charge is -2.22. The van der Waals surface area contributed by atoms with E-state index in [-0.39, 0.29) is 6.54 Å². The smallest absolute Gasteiger partial charge is 0.240 e. The van der Waals surface area contributed by atoms with Gasteiger partial charge in [-0.3, -0.25) is 0 Å². The molecule has 0 saturated heterocycles. The van der Waals surface area contributed by atoms with Crippen molar-refractivity contribution in [2.45, 2.75) is 62.9 Å². The van der Waals surface area contributed by atoms with Gasteiger partial charge in [0.1, 0.15) is 0 Å². The first kappa shape index (κ1) is 20.9. The Morgan fingerprint density at radius 2 is 1.63 bits per heavy atom. The Bertz CT molecular complexity index is 1060. The van der Waals surface area contributed by atoms with Gasteiger partial charge in [-0.1, -0.05) is 61.2 Å². The third-order valence-electron chi connectivity index (χ3n) is 6.11. The van der Waals surface area contributed by atoms with Gasteiger partial charge in [-0.2, -0.15) is 0 Å². The molecule has 1 N–H and O–H groups in total. The summed E-state index contributed by atoms with van der Waals surface area (Å²) in [6, 6.07) is 19.8. The van der Waals surface area contributed by atoms with Gasteiger partial charge in [0.25, 0.3) is 0 Å². The van der Waals surface area contributed by atoms with E-state index in [1.54, 1.807) is 12.1 Å². The third kappa shape index (κ3) is 5.02. The van der Waals surface area contributed by atoms with E-state index in [9.17, 15) is 8.42 Å². The van der Waals surface area contributed by atoms with Crippen molar-refractivity contribution < 1.29 is 8.42 Å². The van der Waals surface area contributed by atoms with Crippen LogP contribution in [0.25, 0.3) is 0 Å². The van der Waals surface area contributed by atoms with E-state index in [1.165, 1.54) is 48.8 Å². The van der Waals surface area contributed by atoms with Crippen molar-refractivity contribution in [3.8, 4) is 0 Å². The molecule has 1 heterocycles. The Balaban J connectivity index is 1.41. The highest BCUT2D eigenvalue weighted by atomic mass is 32.2. The zero-order chi connectivity index (χ0) is 21.0. The van der Waals surface area contributed by atoms with Crippen molar-refractivity contribution in [3.05, 3.63) is 89.2 Å². The van der Waals surface area contributed by atoms with Gasteiger partial charge >= 0.3 is 0 Å². The lowest BCUT2D eigenvalue weighted by Crippen LogP contribution is -2.24. The second-order valence-corrected chi connectivity index (χ2v) is 10.1. The van der Waals surface area contributed by atoms with Crippen LogP contribution in [0.3, 0.4) is 0 Å². The molecule has 0 radical (unpaired) electrons. The fourth-order valence-electron chi connectivity index (χ4n) is 4.26. The van der Waals surface area contributed by atoms with E-state index in [1.807, 2.05) is 30.5 Å². The zero-order valence-electron chi connectivity index (χ0n) is 17.5. The quantitative estimate of drug-likeness (QED) is 0.556. The molecule has 1 fully saturated rings. The molecule has 1 aromatic heterocycles. The molecule has 0 bridgehead atoms. The van der Waals surface area contributed by atoms with E-state index in [0.29, 0.717) is 10.8 Å². The largest absolute Gasteiger partial charge is 0.346 e. The molecule has 4 nitrogen and oxygen atoms in total. The van der Waals surface area contributed by atoms with Crippen LogP contribution in [-0.2, 0) is 23.1 Å². The zero-order valence-corrected chi connectivity index (χ0v) is 18.4. The standard InChI is InChI=1S/C25H30N2O2S/c1-20-9-11-21(12-10-20)19-27-17-5-8-24(27)18-26-30(28,29)25-15-13-23(14-16-25)22-6-3-2-4-7-22/h5,8-17,22,26H,2-4,6-7,18-19H2,1H3. The van der Waals surface area contributed by atoms with Crippen molar-refractivity contribution >= 4 is 10.0 Å². The Hall–Kier alpha value is -2.37. The first-order chi connectivity index (χ1) is 14.5. The van der Waals surface area contributed by atoms with Gasteiger partial charge in [0, 0.05) is 18.4 Å². The fraction of sp³-hybridized carbons (Fsp3) is 0.360. The number of benzene rings is 2. The lowest BCUT2D eigenvalue weighted by atomic mass is 9.84. The van der Waals surface area contributed by atoms with Crippen LogP contribution >= 0.6 is 0 Å². The second-order valence-electron chi connectivity index (χ2n) is 8.34. The summed E-state index contributed by atoms with van der Waals surface area (Å²) in [6.07, 6.45) is 8.27. The third-order valence-corrected chi connectivity index (χ3v) is 7.52. The molecule has 158 valence electrons. The maximum atomic E-state index is 12.8. The van der Waals surface area contributed by atoms with Crippen LogP contribution in [0, 0.1) is 6.92 Å². The molecule has 0 unspecified atom stereocenters. The van der Waals surface area contributed by atoms with Gasteiger partial charge in [-0.05, 0) is 61.1 Å². The van der Waals surface area contributed by atoms with Crippen LogP contribution in [-0.4, -0.2) is 13.0 Å². The number of aromatic nitrogens is 1. The Labute approximate surface area is 180 Å². The summed E-state index contributed by atoms with van der Waals surface area (Å²) in [7, 11) is -3.54. The number of sulfonamides is 1. The van der Waals surface area contributed by atoms with Crippen molar-refractivity contribution in [2.75, 3.05) is 0 Å². The van der Waals surface area contributed by atoms with Gasteiger partial charge in [0.05, 0.1) is 11.4 Å². The summed E-state index contributed by atoms with van der Waals surface area (Å²) in [5.74, 6) is 0.577. The molecule has 1 aliphatic carbocycles. The molecule has 30 heavy (non-hydrogen) atoms. The molecule has 5 heteroatoms. The van der Waals surface area contributed by atoms with E-state index >= 15 is 0 Å². The van der Waals surface area contributed by atoms with E-state index in [0.717, 1.165) is 12.2 Å². The van der Waals surface area contributed by atoms with Crippen LogP contribution in [0.4, 0.5) is 0 Å². The monoisotopic (exact) mass is 422 g/mol. The van der Waals surface area contributed by atoms with Gasteiger partial charge in [0.2, 0.25) is 10.0 Å². The molecule has 3 aromatic rings. The van der Waals surface area contributed by atoms with Crippen molar-refractivity contribution in [3.63, 3.8) is 0 Å². The molecular weight excluding hydrogens is 392 g/mol. The topological polar surface area (TPSA) is 51.1 Å². The van der Waals surface area contributed by atoms with Crippen LogP contribution in [0.5, 0.6) is 0 Å². The SMILES string of the molecule is Cc1ccc(Cn2cccc2CNS(=O)(=O)c2ccc(C3CCCCC3)cc2)cc1. The van der Waals surface area contributed by atoms with Crippen LogP contribution in [0.1, 0.15) is 60.4 Å². The van der Waals surface area contributed by atoms with Gasteiger partial charge < -0.3 is 4.57 Å². The minimum atomic E-state index is -3.54. The molecular formula is C25H30N2O2S. The van der Waals surface area contributed by atoms with Gasteiger partial charge in [-0.25, -0.2) is 13.1 Å². The lowest BCUT2D eigenvalue weighted by molar-refractivity contribution is 0.443. The van der Waals surface area contributed by atoms with Crippen LogP contribution in [0.15, 0.2) is 71.8 Å². The first-order valence-electron chi connectivity index (χ1n) is 10.8. The average Bonchev–Trinajstić information content (AvgIpc) is 3.22. The van der Waals surface area contributed by atoms with Crippen LogP contribution < -0.4 is 4.72 Å². The highest BCUT2D eigenvalue weighted by Gasteiger charge is 2.18. The van der Waals surface area contributed by atoms with E-state index < -0.39 is 10.0 Å². The number of nitrogens with zero attached hydrogens (tertiary/aromatic N) is 1. The highest BCUT2D eigenvalue weighted by Crippen LogP contribution is 2.32. The molecule has 0 aliphatic heterocycles. The van der Waals surface area contributed by atoms with Crippen LogP contribution in [0.2, 0.25) is 0 Å². The molecule has 4 rings (SSSR count). The molecule has 2 aromatic carbocycles. The second kappa shape index (κ2) is 9.19.